The van der Waals surface area contributed by atoms with Crippen LogP contribution in [0.3, 0.4) is 0 Å². The monoisotopic (exact) mass is 356 g/mol. The fourth-order valence-electron chi connectivity index (χ4n) is 2.23. The van der Waals surface area contributed by atoms with Crippen LogP contribution in [0.15, 0.2) is 15.8 Å². The van der Waals surface area contributed by atoms with Crippen molar-refractivity contribution in [1.82, 2.24) is 9.55 Å². The standard InChI is InChI=1S/C10H14FN2O9P/c11-4-2-13(10(17)12-9(4)16)7-1-5(15)8(21-7)6(3-14)22-23(18,19)20/h2,5-8,14-15H,1,3H2,(H,12,16,17)(H2,18,19,20)/t5?,6-,7-,8+/m1/s1. The van der Waals surface area contributed by atoms with Gasteiger partial charge in [0.15, 0.2) is 0 Å². The van der Waals surface area contributed by atoms with Gasteiger partial charge < -0.3 is 24.7 Å². The first kappa shape index (κ1) is 17.9. The van der Waals surface area contributed by atoms with Gasteiger partial charge in [0.05, 0.1) is 18.9 Å². The third kappa shape index (κ3) is 4.12. The van der Waals surface area contributed by atoms with E-state index in [1.807, 2.05) is 0 Å². The second kappa shape index (κ2) is 6.61. The molecule has 0 saturated carbocycles. The van der Waals surface area contributed by atoms with Crippen LogP contribution in [-0.2, 0) is 13.8 Å². The van der Waals surface area contributed by atoms with Gasteiger partial charge in [-0.2, -0.15) is 4.39 Å². The first-order valence-corrected chi connectivity index (χ1v) is 7.84. The van der Waals surface area contributed by atoms with Gasteiger partial charge in [0, 0.05) is 6.42 Å². The van der Waals surface area contributed by atoms with E-state index in [-0.39, 0.29) is 6.42 Å². The first-order valence-electron chi connectivity index (χ1n) is 6.31. The lowest BCUT2D eigenvalue weighted by molar-refractivity contribution is -0.0937. The summed E-state index contributed by atoms with van der Waals surface area (Å²) in [6.07, 6.45) is -5.19. The molecule has 0 amide bonds. The van der Waals surface area contributed by atoms with Crippen molar-refractivity contribution in [3.8, 4) is 0 Å². The highest BCUT2D eigenvalue weighted by molar-refractivity contribution is 7.46. The van der Waals surface area contributed by atoms with Crippen LogP contribution in [0.25, 0.3) is 0 Å². The predicted octanol–water partition coefficient (Wildman–Crippen LogP) is -2.21. The minimum absolute atomic E-state index is 0.253. The number of nitrogens with zero attached hydrogens (tertiary/aromatic N) is 1. The summed E-state index contributed by atoms with van der Waals surface area (Å²) in [4.78, 5) is 41.8. The number of phosphoric ester groups is 1. The largest absolute Gasteiger partial charge is 0.470 e. The Labute approximate surface area is 127 Å². The second-order valence-electron chi connectivity index (χ2n) is 4.82. The number of rotatable bonds is 5. The maximum absolute atomic E-state index is 13.3. The van der Waals surface area contributed by atoms with Gasteiger partial charge in [-0.3, -0.25) is 18.9 Å². The summed E-state index contributed by atoms with van der Waals surface area (Å²) in [6.45, 7) is -0.881. The van der Waals surface area contributed by atoms with Crippen molar-refractivity contribution < 1.29 is 38.2 Å². The summed E-state index contributed by atoms with van der Waals surface area (Å²) < 4.78 is 34.3. The van der Waals surface area contributed by atoms with Crippen molar-refractivity contribution >= 4 is 7.82 Å². The van der Waals surface area contributed by atoms with Crippen LogP contribution in [0.5, 0.6) is 0 Å². The van der Waals surface area contributed by atoms with Gasteiger partial charge in [0.1, 0.15) is 18.4 Å². The van der Waals surface area contributed by atoms with E-state index in [2.05, 4.69) is 4.52 Å². The van der Waals surface area contributed by atoms with Gasteiger partial charge in [0.2, 0.25) is 5.82 Å². The van der Waals surface area contributed by atoms with E-state index in [4.69, 9.17) is 19.6 Å². The zero-order chi connectivity index (χ0) is 17.4. The summed E-state index contributed by atoms with van der Waals surface area (Å²) in [6, 6.07) is 0. The van der Waals surface area contributed by atoms with Crippen molar-refractivity contribution in [2.24, 2.45) is 0 Å². The Bertz CT molecular complexity index is 728. The molecule has 0 aromatic carbocycles. The number of aliphatic hydroxyl groups excluding tert-OH is 2. The van der Waals surface area contributed by atoms with Crippen molar-refractivity contribution in [2.75, 3.05) is 6.61 Å². The molecule has 5 N–H and O–H groups in total. The van der Waals surface area contributed by atoms with E-state index in [9.17, 15) is 23.7 Å². The molecule has 0 aliphatic carbocycles. The number of H-pyrrole nitrogens is 1. The zero-order valence-corrected chi connectivity index (χ0v) is 12.3. The molecular weight excluding hydrogens is 342 g/mol. The molecular formula is C10H14FN2O9P. The van der Waals surface area contributed by atoms with Crippen LogP contribution in [0.4, 0.5) is 4.39 Å². The number of hydrogen-bond acceptors (Lipinski definition) is 7. The smallest absolute Gasteiger partial charge is 0.394 e. The average Bonchev–Trinajstić information content (AvgIpc) is 2.81. The average molecular weight is 356 g/mol. The third-order valence-electron chi connectivity index (χ3n) is 3.19. The van der Waals surface area contributed by atoms with Crippen molar-refractivity contribution in [1.29, 1.82) is 0 Å². The molecule has 13 heteroatoms. The molecule has 1 aromatic rings. The number of aromatic nitrogens is 2. The number of nitrogens with one attached hydrogen (secondary N) is 1. The van der Waals surface area contributed by atoms with Crippen molar-refractivity contribution in [2.45, 2.75) is 31.0 Å². The predicted molar refractivity (Wildman–Crippen MR) is 69.8 cm³/mol. The maximum atomic E-state index is 13.3. The summed E-state index contributed by atoms with van der Waals surface area (Å²) >= 11 is 0. The Hall–Kier alpha value is -1.40. The molecule has 11 nitrogen and oxygen atoms in total. The molecule has 0 spiro atoms. The number of hydrogen-bond donors (Lipinski definition) is 5. The summed E-state index contributed by atoms with van der Waals surface area (Å²) in [7, 11) is -4.96. The molecule has 0 radical (unpaired) electrons. The van der Waals surface area contributed by atoms with Gasteiger partial charge in [-0.25, -0.2) is 9.36 Å². The fourth-order valence-corrected chi connectivity index (χ4v) is 2.77. The first-order chi connectivity index (χ1) is 10.6. The van der Waals surface area contributed by atoms with E-state index in [0.717, 1.165) is 0 Å². The molecule has 2 rings (SSSR count). The molecule has 2 heterocycles. The Kier molecular flexibility index (Phi) is 5.16. The van der Waals surface area contributed by atoms with Gasteiger partial charge in [-0.1, -0.05) is 0 Å². The molecule has 23 heavy (non-hydrogen) atoms. The van der Waals surface area contributed by atoms with E-state index < -0.39 is 56.0 Å². The fraction of sp³-hybridized carbons (Fsp3) is 0.600. The minimum atomic E-state index is -4.96. The lowest BCUT2D eigenvalue weighted by atomic mass is 10.1. The highest BCUT2D eigenvalue weighted by Gasteiger charge is 2.43. The third-order valence-corrected chi connectivity index (χ3v) is 3.74. The molecule has 4 atom stereocenters. The Morgan fingerprint density at radius 1 is 1.52 bits per heavy atom. The molecule has 1 aromatic heterocycles. The number of ether oxygens (including phenoxy) is 1. The van der Waals surface area contributed by atoms with E-state index in [1.54, 1.807) is 4.98 Å². The topological polar surface area (TPSA) is 171 Å². The number of aliphatic hydroxyl groups is 2. The molecule has 1 aliphatic rings. The van der Waals surface area contributed by atoms with Gasteiger partial charge in [-0.15, -0.1) is 0 Å². The Morgan fingerprint density at radius 2 is 2.17 bits per heavy atom. The summed E-state index contributed by atoms with van der Waals surface area (Å²) in [5.74, 6) is -1.25. The quantitative estimate of drug-likeness (QED) is 0.367. The molecule has 130 valence electrons. The summed E-state index contributed by atoms with van der Waals surface area (Å²) in [5, 5.41) is 19.0. The summed E-state index contributed by atoms with van der Waals surface area (Å²) in [5.41, 5.74) is -2.22. The van der Waals surface area contributed by atoms with Crippen LogP contribution >= 0.6 is 7.82 Å². The minimum Gasteiger partial charge on any atom is -0.394 e. The molecule has 1 saturated heterocycles. The van der Waals surface area contributed by atoms with E-state index >= 15 is 0 Å². The van der Waals surface area contributed by atoms with Crippen molar-refractivity contribution in [3.05, 3.63) is 32.9 Å². The van der Waals surface area contributed by atoms with E-state index in [1.165, 1.54) is 0 Å². The second-order valence-corrected chi connectivity index (χ2v) is 6.01. The zero-order valence-electron chi connectivity index (χ0n) is 11.4. The van der Waals surface area contributed by atoms with Crippen LogP contribution in [-0.4, -0.2) is 54.5 Å². The number of halogens is 1. The van der Waals surface area contributed by atoms with Crippen LogP contribution < -0.4 is 11.2 Å². The molecule has 1 unspecified atom stereocenters. The maximum Gasteiger partial charge on any atom is 0.470 e. The number of aromatic amines is 1. The highest BCUT2D eigenvalue weighted by Crippen LogP contribution is 2.41. The molecule has 1 fully saturated rings. The van der Waals surface area contributed by atoms with Gasteiger partial charge in [-0.05, 0) is 0 Å². The SMILES string of the molecule is O=c1[nH]c(=O)n([C@H]2CC(O)[C@@H]([C@@H](CO)OP(=O)(O)O)O2)cc1F. The lowest BCUT2D eigenvalue weighted by Gasteiger charge is -2.24. The van der Waals surface area contributed by atoms with Crippen LogP contribution in [0.2, 0.25) is 0 Å². The van der Waals surface area contributed by atoms with Crippen LogP contribution in [0.1, 0.15) is 12.6 Å². The lowest BCUT2D eigenvalue weighted by Crippen LogP contribution is -2.39. The van der Waals surface area contributed by atoms with Gasteiger partial charge in [0.25, 0.3) is 5.56 Å². The highest BCUT2D eigenvalue weighted by atomic mass is 31.2. The Balaban J connectivity index is 2.24. The van der Waals surface area contributed by atoms with Crippen LogP contribution in [0, 0.1) is 5.82 Å². The normalized spacial score (nSPS) is 26.4. The molecule has 0 bridgehead atoms. The van der Waals surface area contributed by atoms with E-state index in [0.29, 0.717) is 10.8 Å². The Morgan fingerprint density at radius 3 is 2.74 bits per heavy atom. The molecule has 1 aliphatic heterocycles. The van der Waals surface area contributed by atoms with Gasteiger partial charge >= 0.3 is 13.5 Å². The number of phosphoric acid groups is 1. The van der Waals surface area contributed by atoms with Crippen molar-refractivity contribution in [3.63, 3.8) is 0 Å².